The molecule has 0 aliphatic carbocycles. The van der Waals surface area contributed by atoms with Gasteiger partial charge in [0.05, 0.1) is 11.4 Å². The maximum atomic E-state index is 5.39. The first kappa shape index (κ1) is 14.6. The summed E-state index contributed by atoms with van der Waals surface area (Å²) in [6.07, 6.45) is 0. The maximum absolute atomic E-state index is 5.39. The average Bonchev–Trinajstić information content (AvgIpc) is 3.26. The highest BCUT2D eigenvalue weighted by Gasteiger charge is 2.15. The molecule has 2 aromatic carbocycles. The van der Waals surface area contributed by atoms with Gasteiger partial charge in [-0.15, -0.1) is 0 Å². The second kappa shape index (κ2) is 5.88. The molecule has 0 unspecified atom stereocenters. The fourth-order valence-electron chi connectivity index (χ4n) is 2.51. The van der Waals surface area contributed by atoms with E-state index in [1.807, 2.05) is 50.2 Å². The van der Waals surface area contributed by atoms with Gasteiger partial charge in [0.25, 0.3) is 0 Å². The quantitative estimate of drug-likeness (QED) is 0.641. The van der Waals surface area contributed by atoms with E-state index in [1.54, 1.807) is 0 Å². The van der Waals surface area contributed by atoms with Crippen molar-refractivity contribution >= 4 is 11.4 Å². The van der Waals surface area contributed by atoms with Crippen molar-refractivity contribution in [2.45, 2.75) is 13.8 Å². The second-order valence-electron chi connectivity index (χ2n) is 5.51. The predicted octanol–water partition coefficient (Wildman–Crippen LogP) is 3.38. The molecule has 0 fully saturated rings. The third kappa shape index (κ3) is 2.67. The van der Waals surface area contributed by atoms with E-state index in [-0.39, 0.29) is 13.6 Å². The Balaban J connectivity index is 1.57. The summed E-state index contributed by atoms with van der Waals surface area (Å²) in [6, 6.07) is 11.5. The first-order valence-corrected chi connectivity index (χ1v) is 7.59. The Labute approximate surface area is 139 Å². The van der Waals surface area contributed by atoms with E-state index < -0.39 is 0 Å². The molecule has 2 aliphatic heterocycles. The number of hydrogen-bond donors (Lipinski definition) is 0. The van der Waals surface area contributed by atoms with Crippen molar-refractivity contribution in [2.24, 2.45) is 10.2 Å². The first-order chi connectivity index (χ1) is 11.7. The molecule has 0 aromatic heterocycles. The fourth-order valence-corrected chi connectivity index (χ4v) is 2.51. The number of fused-ring (bicyclic) bond motifs is 2. The standard InChI is InChI=1S/C18H16N2O4/c1-11(13-3-5-15-17(7-13)23-9-21-15)19-20-12(2)14-4-6-16-18(8-14)24-10-22-16/h3-8H,9-10H2,1-2H3/b19-11-,20-12-. The zero-order valence-corrected chi connectivity index (χ0v) is 13.4. The van der Waals surface area contributed by atoms with Gasteiger partial charge in [0.2, 0.25) is 13.6 Å². The minimum Gasteiger partial charge on any atom is -0.454 e. The van der Waals surface area contributed by atoms with Crippen LogP contribution in [-0.2, 0) is 0 Å². The maximum Gasteiger partial charge on any atom is 0.231 e. The van der Waals surface area contributed by atoms with Crippen molar-refractivity contribution in [1.29, 1.82) is 0 Å². The van der Waals surface area contributed by atoms with Crippen molar-refractivity contribution in [3.05, 3.63) is 47.5 Å². The summed E-state index contributed by atoms with van der Waals surface area (Å²) in [7, 11) is 0. The van der Waals surface area contributed by atoms with Crippen LogP contribution in [0.25, 0.3) is 0 Å². The molecule has 0 amide bonds. The Morgan fingerprint density at radius 3 is 1.54 bits per heavy atom. The number of benzene rings is 2. The zero-order chi connectivity index (χ0) is 16.5. The van der Waals surface area contributed by atoms with Crippen molar-refractivity contribution in [3.63, 3.8) is 0 Å². The molecule has 0 spiro atoms. The fraction of sp³-hybridized carbons (Fsp3) is 0.222. The van der Waals surface area contributed by atoms with Gasteiger partial charge in [-0.05, 0) is 50.2 Å². The molecule has 24 heavy (non-hydrogen) atoms. The van der Waals surface area contributed by atoms with Crippen LogP contribution in [0.15, 0.2) is 46.6 Å². The third-order valence-electron chi connectivity index (χ3n) is 3.93. The molecule has 4 rings (SSSR count). The average molecular weight is 324 g/mol. The van der Waals surface area contributed by atoms with Crippen molar-refractivity contribution in [2.75, 3.05) is 13.6 Å². The van der Waals surface area contributed by atoms with E-state index in [9.17, 15) is 0 Å². The lowest BCUT2D eigenvalue weighted by atomic mass is 10.1. The van der Waals surface area contributed by atoms with Gasteiger partial charge in [0.15, 0.2) is 23.0 Å². The van der Waals surface area contributed by atoms with Gasteiger partial charge in [0, 0.05) is 11.1 Å². The Bertz CT molecular complexity index is 787. The highest BCUT2D eigenvalue weighted by Crippen LogP contribution is 2.33. The van der Waals surface area contributed by atoms with Crippen molar-refractivity contribution < 1.29 is 18.9 Å². The molecule has 6 heteroatoms. The molecular formula is C18H16N2O4. The van der Waals surface area contributed by atoms with Gasteiger partial charge < -0.3 is 18.9 Å². The molecular weight excluding hydrogens is 308 g/mol. The molecule has 0 saturated heterocycles. The number of nitrogens with zero attached hydrogens (tertiary/aromatic N) is 2. The van der Waals surface area contributed by atoms with Gasteiger partial charge >= 0.3 is 0 Å². The second-order valence-corrected chi connectivity index (χ2v) is 5.51. The molecule has 0 saturated carbocycles. The highest BCUT2D eigenvalue weighted by atomic mass is 16.7. The molecule has 2 aromatic rings. The minimum absolute atomic E-state index is 0.260. The van der Waals surface area contributed by atoms with Crippen LogP contribution in [0.2, 0.25) is 0 Å². The molecule has 0 N–H and O–H groups in total. The number of rotatable bonds is 3. The summed E-state index contributed by atoms with van der Waals surface area (Å²) < 4.78 is 21.4. The summed E-state index contributed by atoms with van der Waals surface area (Å²) in [5, 5.41) is 8.65. The molecule has 0 atom stereocenters. The smallest absolute Gasteiger partial charge is 0.231 e. The van der Waals surface area contributed by atoms with Crippen LogP contribution >= 0.6 is 0 Å². The van der Waals surface area contributed by atoms with Crippen LogP contribution < -0.4 is 18.9 Å². The lowest BCUT2D eigenvalue weighted by Gasteiger charge is -2.03. The van der Waals surface area contributed by atoms with Gasteiger partial charge in [0.1, 0.15) is 0 Å². The molecule has 2 aliphatic rings. The number of ether oxygens (including phenoxy) is 4. The summed E-state index contributed by atoms with van der Waals surface area (Å²) in [4.78, 5) is 0. The lowest BCUT2D eigenvalue weighted by molar-refractivity contribution is 0.173. The Morgan fingerprint density at radius 1 is 0.667 bits per heavy atom. The van der Waals surface area contributed by atoms with Gasteiger partial charge in [-0.2, -0.15) is 10.2 Å². The highest BCUT2D eigenvalue weighted by molar-refractivity contribution is 6.02. The molecule has 122 valence electrons. The summed E-state index contributed by atoms with van der Waals surface area (Å²) in [5.41, 5.74) is 3.49. The molecule has 0 radical (unpaired) electrons. The van der Waals surface area contributed by atoms with Crippen LogP contribution in [0.4, 0.5) is 0 Å². The minimum atomic E-state index is 0.260. The van der Waals surface area contributed by atoms with Gasteiger partial charge in [-0.25, -0.2) is 0 Å². The summed E-state index contributed by atoms with van der Waals surface area (Å²) in [5.74, 6) is 2.98. The predicted molar refractivity (Wildman–Crippen MR) is 89.6 cm³/mol. The molecule has 2 heterocycles. The van der Waals surface area contributed by atoms with Crippen molar-refractivity contribution in [1.82, 2.24) is 0 Å². The van der Waals surface area contributed by atoms with Crippen LogP contribution in [0.5, 0.6) is 23.0 Å². The van der Waals surface area contributed by atoms with E-state index in [4.69, 9.17) is 18.9 Å². The molecule has 6 nitrogen and oxygen atoms in total. The van der Waals surface area contributed by atoms with Gasteiger partial charge in [-0.1, -0.05) is 0 Å². The zero-order valence-electron chi connectivity index (χ0n) is 13.4. The normalized spacial score (nSPS) is 15.8. The summed E-state index contributed by atoms with van der Waals surface area (Å²) >= 11 is 0. The summed E-state index contributed by atoms with van der Waals surface area (Å²) in [6.45, 7) is 4.34. The van der Waals surface area contributed by atoms with E-state index in [0.29, 0.717) is 0 Å². The third-order valence-corrected chi connectivity index (χ3v) is 3.93. The lowest BCUT2D eigenvalue weighted by Crippen LogP contribution is -1.97. The molecule has 0 bridgehead atoms. The van der Waals surface area contributed by atoms with Gasteiger partial charge in [-0.3, -0.25) is 0 Å². The largest absolute Gasteiger partial charge is 0.454 e. The van der Waals surface area contributed by atoms with E-state index in [1.165, 1.54) is 0 Å². The Morgan fingerprint density at radius 2 is 1.08 bits per heavy atom. The van der Waals surface area contributed by atoms with Crippen LogP contribution in [-0.4, -0.2) is 25.0 Å². The van der Waals surface area contributed by atoms with Crippen molar-refractivity contribution in [3.8, 4) is 23.0 Å². The monoisotopic (exact) mass is 324 g/mol. The SMILES string of the molecule is C/C(=N/N=C(/C)c1ccc2c(c1)OCO2)c1ccc2c(c1)OCO2. The topological polar surface area (TPSA) is 61.6 Å². The van der Waals surface area contributed by atoms with Crippen LogP contribution in [0.3, 0.4) is 0 Å². The van der Waals surface area contributed by atoms with Crippen LogP contribution in [0.1, 0.15) is 25.0 Å². The first-order valence-electron chi connectivity index (χ1n) is 7.59. The number of hydrogen-bond acceptors (Lipinski definition) is 6. The Kier molecular flexibility index (Phi) is 3.57. The van der Waals surface area contributed by atoms with Crippen LogP contribution in [0, 0.1) is 0 Å². The van der Waals surface area contributed by atoms with E-state index in [0.717, 1.165) is 45.5 Å². The van der Waals surface area contributed by atoms with E-state index in [2.05, 4.69) is 10.2 Å². The van der Waals surface area contributed by atoms with E-state index >= 15 is 0 Å². The Hall–Kier alpha value is -3.02.